The molecule has 1 aromatic carbocycles. The molecule has 3 atom stereocenters. The average Bonchev–Trinajstić information content (AvgIpc) is 3.00. The third-order valence-corrected chi connectivity index (χ3v) is 4.76. The smallest absolute Gasteiger partial charge is 0.253 e. The van der Waals surface area contributed by atoms with Crippen molar-refractivity contribution < 1.29 is 14.6 Å². The summed E-state index contributed by atoms with van der Waals surface area (Å²) in [7, 11) is 0. The molecule has 2 aliphatic rings. The first kappa shape index (κ1) is 15.7. The number of ether oxygens (including phenoxy) is 1. The van der Waals surface area contributed by atoms with E-state index in [0.717, 1.165) is 19.7 Å². The molecule has 0 spiro atoms. The molecule has 2 saturated heterocycles. The van der Waals surface area contributed by atoms with Crippen LogP contribution in [0.15, 0.2) is 24.3 Å². The van der Waals surface area contributed by atoms with Crippen molar-refractivity contribution in [2.75, 3.05) is 26.2 Å². The first-order chi connectivity index (χ1) is 10.6. The maximum Gasteiger partial charge on any atom is 0.253 e. The molecule has 0 bridgehead atoms. The van der Waals surface area contributed by atoms with Gasteiger partial charge >= 0.3 is 0 Å². The van der Waals surface area contributed by atoms with Crippen molar-refractivity contribution in [3.8, 4) is 0 Å². The number of aliphatic hydroxyl groups is 1. The Balaban J connectivity index is 1.51. The lowest BCUT2D eigenvalue weighted by Crippen LogP contribution is -2.50. The van der Waals surface area contributed by atoms with Crippen LogP contribution in [0.5, 0.6) is 0 Å². The van der Waals surface area contributed by atoms with Crippen molar-refractivity contribution in [2.24, 2.45) is 0 Å². The van der Waals surface area contributed by atoms with Gasteiger partial charge in [0.05, 0.1) is 12.7 Å². The molecule has 5 nitrogen and oxygen atoms in total. The Kier molecular flexibility index (Phi) is 4.98. The SMILES string of the molecule is O=C(NC[C@H]1CN2CCC[C@H]2CO1)[C@H](O)c1ccccc1Cl. The number of carbonyl (C=O) groups is 1. The minimum absolute atomic E-state index is 0.0169. The summed E-state index contributed by atoms with van der Waals surface area (Å²) in [5.41, 5.74) is 0.422. The number of halogens is 1. The summed E-state index contributed by atoms with van der Waals surface area (Å²) in [6.45, 7) is 3.09. The first-order valence-electron chi connectivity index (χ1n) is 7.71. The summed E-state index contributed by atoms with van der Waals surface area (Å²) in [4.78, 5) is 14.5. The van der Waals surface area contributed by atoms with Gasteiger partial charge in [0.15, 0.2) is 6.10 Å². The summed E-state index contributed by atoms with van der Waals surface area (Å²) in [6.07, 6.45) is 1.15. The van der Waals surface area contributed by atoms with E-state index in [-0.39, 0.29) is 6.10 Å². The number of nitrogens with zero attached hydrogens (tertiary/aromatic N) is 1. The number of carbonyl (C=O) groups excluding carboxylic acids is 1. The van der Waals surface area contributed by atoms with Crippen molar-refractivity contribution in [2.45, 2.75) is 31.1 Å². The van der Waals surface area contributed by atoms with Gasteiger partial charge in [-0.3, -0.25) is 9.69 Å². The normalized spacial score (nSPS) is 26.5. The van der Waals surface area contributed by atoms with E-state index in [1.807, 2.05) is 0 Å². The van der Waals surface area contributed by atoms with Crippen LogP contribution in [-0.4, -0.2) is 54.3 Å². The van der Waals surface area contributed by atoms with E-state index in [0.29, 0.717) is 23.2 Å². The molecule has 0 radical (unpaired) electrons. The van der Waals surface area contributed by atoms with Crippen LogP contribution in [0.3, 0.4) is 0 Å². The van der Waals surface area contributed by atoms with E-state index in [1.165, 1.54) is 12.8 Å². The van der Waals surface area contributed by atoms with Crippen LogP contribution < -0.4 is 5.32 Å². The third kappa shape index (κ3) is 3.43. The lowest BCUT2D eigenvalue weighted by Gasteiger charge is -2.35. The van der Waals surface area contributed by atoms with Gasteiger partial charge in [-0.25, -0.2) is 0 Å². The van der Waals surface area contributed by atoms with E-state index < -0.39 is 12.0 Å². The van der Waals surface area contributed by atoms with Crippen molar-refractivity contribution in [1.29, 1.82) is 0 Å². The fourth-order valence-electron chi connectivity index (χ4n) is 3.16. The fraction of sp³-hybridized carbons (Fsp3) is 0.562. The van der Waals surface area contributed by atoms with Gasteiger partial charge in [-0.2, -0.15) is 0 Å². The number of morpholine rings is 1. The van der Waals surface area contributed by atoms with Crippen LogP contribution in [-0.2, 0) is 9.53 Å². The average molecular weight is 325 g/mol. The zero-order chi connectivity index (χ0) is 15.5. The first-order valence-corrected chi connectivity index (χ1v) is 8.09. The highest BCUT2D eigenvalue weighted by atomic mass is 35.5. The van der Waals surface area contributed by atoms with Crippen molar-refractivity contribution in [1.82, 2.24) is 10.2 Å². The number of hydrogen-bond donors (Lipinski definition) is 2. The van der Waals surface area contributed by atoms with E-state index in [9.17, 15) is 9.90 Å². The van der Waals surface area contributed by atoms with Gasteiger partial charge in [0.2, 0.25) is 0 Å². The number of amides is 1. The Bertz CT molecular complexity index is 540. The van der Waals surface area contributed by atoms with Crippen LogP contribution in [0.25, 0.3) is 0 Å². The van der Waals surface area contributed by atoms with Gasteiger partial charge < -0.3 is 15.2 Å². The second-order valence-corrected chi connectivity index (χ2v) is 6.32. The Morgan fingerprint density at radius 2 is 2.32 bits per heavy atom. The molecular formula is C16H21ClN2O3. The quantitative estimate of drug-likeness (QED) is 0.878. The van der Waals surface area contributed by atoms with Crippen LogP contribution in [0.1, 0.15) is 24.5 Å². The van der Waals surface area contributed by atoms with Gasteiger partial charge in [0, 0.05) is 29.7 Å². The summed E-state index contributed by atoms with van der Waals surface area (Å²) in [6, 6.07) is 7.36. The van der Waals surface area contributed by atoms with Crippen LogP contribution in [0.2, 0.25) is 5.02 Å². The van der Waals surface area contributed by atoms with E-state index >= 15 is 0 Å². The molecule has 0 aromatic heterocycles. The number of nitrogens with one attached hydrogen (secondary N) is 1. The van der Waals surface area contributed by atoms with E-state index in [1.54, 1.807) is 24.3 Å². The van der Waals surface area contributed by atoms with Gasteiger partial charge in [0.25, 0.3) is 5.91 Å². The Morgan fingerprint density at radius 1 is 1.50 bits per heavy atom. The second-order valence-electron chi connectivity index (χ2n) is 5.92. The highest BCUT2D eigenvalue weighted by Gasteiger charge is 2.32. The zero-order valence-corrected chi connectivity index (χ0v) is 13.1. The lowest BCUT2D eigenvalue weighted by atomic mass is 10.1. The lowest BCUT2D eigenvalue weighted by molar-refractivity contribution is -0.131. The number of fused-ring (bicyclic) bond motifs is 1. The summed E-state index contributed by atoms with van der Waals surface area (Å²) < 4.78 is 5.79. The largest absolute Gasteiger partial charge is 0.378 e. The number of aliphatic hydroxyl groups excluding tert-OH is 1. The van der Waals surface area contributed by atoms with Gasteiger partial charge in [-0.05, 0) is 25.5 Å². The van der Waals surface area contributed by atoms with E-state index in [4.69, 9.17) is 16.3 Å². The molecule has 120 valence electrons. The predicted molar refractivity (Wildman–Crippen MR) is 83.8 cm³/mol. The molecule has 6 heteroatoms. The molecular weight excluding hydrogens is 304 g/mol. The van der Waals surface area contributed by atoms with Crippen molar-refractivity contribution in [3.05, 3.63) is 34.9 Å². The number of benzene rings is 1. The molecule has 0 unspecified atom stereocenters. The maximum absolute atomic E-state index is 12.1. The minimum Gasteiger partial charge on any atom is -0.378 e. The standard InChI is InChI=1S/C16H21ClN2O3/c17-14-6-2-1-5-13(14)15(20)16(21)18-8-12-9-19-7-3-4-11(19)10-22-12/h1-2,5-6,11-12,15,20H,3-4,7-10H2,(H,18,21)/t11-,12-,15+/m0/s1. The fourth-order valence-corrected chi connectivity index (χ4v) is 3.40. The summed E-state index contributed by atoms with van der Waals surface area (Å²) >= 11 is 6.00. The Hall–Kier alpha value is -1.14. The van der Waals surface area contributed by atoms with Crippen molar-refractivity contribution in [3.63, 3.8) is 0 Å². The van der Waals surface area contributed by atoms with Gasteiger partial charge in [0.1, 0.15) is 0 Å². The van der Waals surface area contributed by atoms with E-state index in [2.05, 4.69) is 10.2 Å². The monoisotopic (exact) mass is 324 g/mol. The third-order valence-electron chi connectivity index (χ3n) is 4.41. The molecule has 0 saturated carbocycles. The van der Waals surface area contributed by atoms with Crippen molar-refractivity contribution >= 4 is 17.5 Å². The van der Waals surface area contributed by atoms with Crippen LogP contribution in [0.4, 0.5) is 0 Å². The molecule has 2 heterocycles. The highest BCUT2D eigenvalue weighted by molar-refractivity contribution is 6.31. The predicted octanol–water partition coefficient (Wildman–Crippen LogP) is 1.35. The molecule has 1 aromatic rings. The molecule has 2 N–H and O–H groups in total. The van der Waals surface area contributed by atoms with Crippen LogP contribution in [0, 0.1) is 0 Å². The highest BCUT2D eigenvalue weighted by Crippen LogP contribution is 2.24. The second kappa shape index (κ2) is 6.96. The minimum atomic E-state index is -1.25. The number of hydrogen-bond acceptors (Lipinski definition) is 4. The van der Waals surface area contributed by atoms with Gasteiger partial charge in [-0.1, -0.05) is 29.8 Å². The molecule has 2 fully saturated rings. The topological polar surface area (TPSA) is 61.8 Å². The molecule has 3 rings (SSSR count). The number of rotatable bonds is 4. The summed E-state index contributed by atoms with van der Waals surface area (Å²) in [5.74, 6) is -0.444. The Labute approximate surface area is 135 Å². The molecule has 22 heavy (non-hydrogen) atoms. The molecule has 2 aliphatic heterocycles. The van der Waals surface area contributed by atoms with Gasteiger partial charge in [-0.15, -0.1) is 0 Å². The Morgan fingerprint density at radius 3 is 3.14 bits per heavy atom. The zero-order valence-electron chi connectivity index (χ0n) is 12.4. The van der Waals surface area contributed by atoms with Crippen LogP contribution >= 0.6 is 11.6 Å². The summed E-state index contributed by atoms with van der Waals surface area (Å²) in [5, 5.41) is 13.2. The molecule has 1 amide bonds. The maximum atomic E-state index is 12.1. The molecule has 0 aliphatic carbocycles.